The van der Waals surface area contributed by atoms with Gasteiger partial charge in [-0.15, -0.1) is 0 Å². The van der Waals surface area contributed by atoms with Gasteiger partial charge in [0.2, 0.25) is 0 Å². The lowest BCUT2D eigenvalue weighted by Crippen LogP contribution is -2.21. The number of benzene rings is 4. The Morgan fingerprint density at radius 3 is 1.63 bits per heavy atom. The molecular weight excluding hydrogens is 636 g/mol. The SMILES string of the molecule is CC(C)(C)c1ccc(-c2cc3c(c(I)c2-c2ccc(C(C)(C)C)cc2)Cc2ccccc2-3)cc1.O=C(O)C(F)(F)F. The second-order valence-electron chi connectivity index (χ2n) is 12.4. The average Bonchev–Trinajstić information content (AvgIpc) is 3.27. The van der Waals surface area contributed by atoms with Crippen molar-refractivity contribution >= 4 is 28.6 Å². The molecule has 0 aliphatic heterocycles. The monoisotopic (exact) mass is 670 g/mol. The Morgan fingerprint density at radius 1 is 0.707 bits per heavy atom. The van der Waals surface area contributed by atoms with E-state index in [9.17, 15) is 13.2 Å². The maximum atomic E-state index is 10.6. The van der Waals surface area contributed by atoms with Crippen molar-refractivity contribution in [1.82, 2.24) is 0 Å². The quantitative estimate of drug-likeness (QED) is 0.190. The van der Waals surface area contributed by atoms with Crippen LogP contribution in [-0.4, -0.2) is 17.3 Å². The van der Waals surface area contributed by atoms with Gasteiger partial charge in [-0.05, 0) is 96.0 Å². The minimum atomic E-state index is -5.08. The lowest BCUT2D eigenvalue weighted by molar-refractivity contribution is -0.192. The summed E-state index contributed by atoms with van der Waals surface area (Å²) in [6.07, 6.45) is -4.07. The van der Waals surface area contributed by atoms with E-state index in [1.54, 1.807) is 0 Å². The third-order valence-electron chi connectivity index (χ3n) is 7.39. The summed E-state index contributed by atoms with van der Waals surface area (Å²) in [7, 11) is 0. The summed E-state index contributed by atoms with van der Waals surface area (Å²) >= 11 is 2.61. The van der Waals surface area contributed by atoms with Crippen LogP contribution in [0.5, 0.6) is 0 Å². The first kappa shape index (κ1) is 30.8. The smallest absolute Gasteiger partial charge is 0.475 e. The van der Waals surface area contributed by atoms with Crippen LogP contribution in [0.1, 0.15) is 63.8 Å². The Balaban J connectivity index is 0.000000493. The molecule has 1 N–H and O–H groups in total. The standard InChI is InChI=1S/C33H33I.C2HF3O2/c1-32(2,3)24-15-11-21(12-16-24)27-20-28-26-10-8-7-9-23(26)19-29(28)31(34)30(27)22-13-17-25(18-14-22)33(4,5)6;3-2(4,5)1(6)7/h7-18,20H,19H2,1-6H3;(H,6,7). The van der Waals surface area contributed by atoms with Crippen LogP contribution in [-0.2, 0) is 22.0 Å². The molecule has 6 heteroatoms. The van der Waals surface area contributed by atoms with E-state index in [1.807, 2.05) is 0 Å². The molecule has 0 amide bonds. The first-order chi connectivity index (χ1) is 19.0. The summed E-state index contributed by atoms with van der Waals surface area (Å²) in [4.78, 5) is 8.90. The number of carboxylic acid groups (broad SMARTS) is 1. The van der Waals surface area contributed by atoms with Crippen molar-refractivity contribution in [3.8, 4) is 33.4 Å². The minimum absolute atomic E-state index is 0.148. The number of carboxylic acids is 1. The molecule has 1 aliphatic rings. The largest absolute Gasteiger partial charge is 0.490 e. The van der Waals surface area contributed by atoms with E-state index in [4.69, 9.17) is 9.90 Å². The van der Waals surface area contributed by atoms with Crippen molar-refractivity contribution in [2.75, 3.05) is 0 Å². The van der Waals surface area contributed by atoms with Gasteiger partial charge < -0.3 is 5.11 Å². The van der Waals surface area contributed by atoms with Crippen molar-refractivity contribution in [2.24, 2.45) is 0 Å². The van der Waals surface area contributed by atoms with Gasteiger partial charge in [-0.2, -0.15) is 13.2 Å². The molecule has 0 heterocycles. The van der Waals surface area contributed by atoms with E-state index in [-0.39, 0.29) is 10.8 Å². The molecule has 214 valence electrons. The molecule has 2 nitrogen and oxygen atoms in total. The molecule has 5 rings (SSSR count). The highest BCUT2D eigenvalue weighted by molar-refractivity contribution is 14.1. The van der Waals surface area contributed by atoms with E-state index >= 15 is 0 Å². The zero-order chi connectivity index (χ0) is 30.3. The molecular formula is C35H34F3IO2. The van der Waals surface area contributed by atoms with E-state index < -0.39 is 12.1 Å². The summed E-state index contributed by atoms with van der Waals surface area (Å²) in [5.41, 5.74) is 14.0. The fraction of sp³-hybridized carbons (Fsp3) is 0.286. The molecule has 0 spiro atoms. The first-order valence-electron chi connectivity index (χ1n) is 13.4. The fourth-order valence-corrected chi connectivity index (χ4v) is 6.11. The van der Waals surface area contributed by atoms with Crippen molar-refractivity contribution in [2.45, 2.75) is 65.0 Å². The maximum Gasteiger partial charge on any atom is 0.490 e. The summed E-state index contributed by atoms with van der Waals surface area (Å²) in [5.74, 6) is -2.76. The molecule has 0 atom stereocenters. The summed E-state index contributed by atoms with van der Waals surface area (Å²) in [6, 6.07) is 29.8. The Hall–Kier alpha value is -3.13. The summed E-state index contributed by atoms with van der Waals surface area (Å²) in [5, 5.41) is 7.12. The maximum absolute atomic E-state index is 10.6. The van der Waals surface area contributed by atoms with E-state index in [2.05, 4.69) is 143 Å². The van der Waals surface area contributed by atoms with E-state index in [1.165, 1.54) is 59.2 Å². The third kappa shape index (κ3) is 6.69. The Labute approximate surface area is 253 Å². The predicted octanol–water partition coefficient (Wildman–Crippen LogP) is 10.4. The van der Waals surface area contributed by atoms with Crippen molar-refractivity contribution in [3.63, 3.8) is 0 Å². The molecule has 0 aromatic heterocycles. The van der Waals surface area contributed by atoms with E-state index in [0.717, 1.165) is 6.42 Å². The van der Waals surface area contributed by atoms with Gasteiger partial charge in [0.25, 0.3) is 0 Å². The molecule has 0 saturated heterocycles. The van der Waals surface area contributed by atoms with Gasteiger partial charge in [0, 0.05) is 9.13 Å². The molecule has 0 unspecified atom stereocenters. The zero-order valence-corrected chi connectivity index (χ0v) is 26.2. The van der Waals surface area contributed by atoms with Gasteiger partial charge in [-0.25, -0.2) is 4.79 Å². The molecule has 0 radical (unpaired) electrons. The molecule has 4 aromatic carbocycles. The van der Waals surface area contributed by atoms with Gasteiger partial charge in [0.05, 0.1) is 0 Å². The number of aliphatic carboxylic acids is 1. The Bertz CT molecular complexity index is 1570. The Morgan fingerprint density at radius 2 is 1.17 bits per heavy atom. The van der Waals surface area contributed by atoms with Crippen molar-refractivity contribution in [3.05, 3.63) is 105 Å². The van der Waals surface area contributed by atoms with Gasteiger partial charge in [-0.1, -0.05) is 114 Å². The zero-order valence-electron chi connectivity index (χ0n) is 24.1. The minimum Gasteiger partial charge on any atom is -0.475 e. The first-order valence-corrected chi connectivity index (χ1v) is 14.5. The average molecular weight is 671 g/mol. The highest BCUT2D eigenvalue weighted by Gasteiger charge is 2.38. The van der Waals surface area contributed by atoms with Crippen molar-refractivity contribution in [1.29, 1.82) is 0 Å². The van der Waals surface area contributed by atoms with Crippen molar-refractivity contribution < 1.29 is 23.1 Å². The highest BCUT2D eigenvalue weighted by atomic mass is 127. The van der Waals surface area contributed by atoms with Gasteiger partial charge in [-0.3, -0.25) is 0 Å². The third-order valence-corrected chi connectivity index (χ3v) is 8.58. The van der Waals surface area contributed by atoms with Gasteiger partial charge in [0.1, 0.15) is 0 Å². The van der Waals surface area contributed by atoms with Crippen LogP contribution >= 0.6 is 22.6 Å². The van der Waals surface area contributed by atoms with Crippen LogP contribution in [0.3, 0.4) is 0 Å². The van der Waals surface area contributed by atoms with Crippen LogP contribution in [0, 0.1) is 3.57 Å². The van der Waals surface area contributed by atoms with Crippen LogP contribution in [0.25, 0.3) is 33.4 Å². The summed E-state index contributed by atoms with van der Waals surface area (Å²) in [6.45, 7) is 13.7. The number of alkyl halides is 3. The molecule has 0 bridgehead atoms. The molecule has 41 heavy (non-hydrogen) atoms. The van der Waals surface area contributed by atoms with E-state index in [0.29, 0.717) is 0 Å². The number of fused-ring (bicyclic) bond motifs is 3. The van der Waals surface area contributed by atoms with Crippen LogP contribution in [0.15, 0.2) is 78.9 Å². The number of rotatable bonds is 2. The lowest BCUT2D eigenvalue weighted by atomic mass is 9.83. The van der Waals surface area contributed by atoms with Gasteiger partial charge >= 0.3 is 12.1 Å². The number of carbonyl (C=O) groups is 1. The molecule has 1 aliphatic carbocycles. The number of halogens is 4. The normalized spacial score (nSPS) is 12.7. The number of hydrogen-bond donors (Lipinski definition) is 1. The molecule has 0 fully saturated rings. The predicted molar refractivity (Wildman–Crippen MR) is 169 cm³/mol. The second-order valence-corrected chi connectivity index (χ2v) is 13.5. The van der Waals surface area contributed by atoms with Crippen LogP contribution in [0.4, 0.5) is 13.2 Å². The topological polar surface area (TPSA) is 37.3 Å². The lowest BCUT2D eigenvalue weighted by Gasteiger charge is -2.22. The van der Waals surface area contributed by atoms with Crippen LogP contribution < -0.4 is 0 Å². The second kappa shape index (κ2) is 11.3. The Kier molecular flexibility index (Phi) is 8.47. The van der Waals surface area contributed by atoms with Crippen LogP contribution in [0.2, 0.25) is 0 Å². The molecule has 0 saturated carbocycles. The highest BCUT2D eigenvalue weighted by Crippen LogP contribution is 2.47. The number of hydrogen-bond acceptors (Lipinski definition) is 1. The summed E-state index contributed by atoms with van der Waals surface area (Å²) < 4.78 is 33.1. The molecule has 4 aromatic rings. The fourth-order valence-electron chi connectivity index (χ4n) is 5.03. The van der Waals surface area contributed by atoms with Gasteiger partial charge in [0.15, 0.2) is 0 Å².